The Hall–Kier alpha value is -2.71. The molecule has 0 N–H and O–H groups in total. The highest BCUT2D eigenvalue weighted by Crippen LogP contribution is 2.20. The monoisotopic (exact) mass is 404 g/mol. The van der Waals surface area contributed by atoms with Crippen LogP contribution in [0, 0.1) is 5.82 Å². The van der Waals surface area contributed by atoms with E-state index in [0.29, 0.717) is 36.1 Å². The first-order chi connectivity index (χ1) is 13.6. The highest BCUT2D eigenvalue weighted by Gasteiger charge is 2.10. The first-order valence-electron chi connectivity index (χ1n) is 8.81. The molecule has 0 bridgehead atoms. The summed E-state index contributed by atoms with van der Waals surface area (Å²) in [6.07, 6.45) is 0. The average molecular weight is 404 g/mol. The molecular weight excluding hydrogens is 383 g/mol. The lowest BCUT2D eigenvalue weighted by Gasteiger charge is -2.06. The summed E-state index contributed by atoms with van der Waals surface area (Å²) in [5.74, 6) is 0.401. The minimum Gasteiger partial charge on any atom is -0.497 e. The second kappa shape index (κ2) is 9.48. The zero-order valence-corrected chi connectivity index (χ0v) is 16.5. The predicted octanol–water partition coefficient (Wildman–Crippen LogP) is 3.39. The van der Waals surface area contributed by atoms with Gasteiger partial charge in [-0.1, -0.05) is 17.4 Å². The molecule has 28 heavy (non-hydrogen) atoms. The van der Waals surface area contributed by atoms with Crippen LogP contribution in [0.5, 0.6) is 11.5 Å². The van der Waals surface area contributed by atoms with E-state index in [1.807, 2.05) is 11.5 Å². The Bertz CT molecular complexity index is 1030. The van der Waals surface area contributed by atoms with Gasteiger partial charge in [0, 0.05) is 19.2 Å². The van der Waals surface area contributed by atoms with E-state index in [4.69, 9.17) is 14.2 Å². The number of amides is 1. The van der Waals surface area contributed by atoms with Crippen LogP contribution in [0.4, 0.5) is 4.39 Å². The van der Waals surface area contributed by atoms with E-state index in [1.54, 1.807) is 37.4 Å². The van der Waals surface area contributed by atoms with Crippen molar-refractivity contribution in [3.63, 3.8) is 0 Å². The molecule has 0 atom stereocenters. The SMILES string of the molecule is CCOCCn1c(=NC(=O)COc2cccc(OC)c2)sc2cc(F)ccc21. The molecule has 0 saturated heterocycles. The molecule has 3 rings (SSSR count). The Labute approximate surface area is 165 Å². The summed E-state index contributed by atoms with van der Waals surface area (Å²) in [6.45, 7) is 3.29. The van der Waals surface area contributed by atoms with Crippen molar-refractivity contribution in [2.75, 3.05) is 26.9 Å². The lowest BCUT2D eigenvalue weighted by Crippen LogP contribution is -2.21. The molecule has 3 aromatic rings. The molecule has 6 nitrogen and oxygen atoms in total. The van der Waals surface area contributed by atoms with Gasteiger partial charge in [0.2, 0.25) is 0 Å². The van der Waals surface area contributed by atoms with Crippen LogP contribution in [-0.4, -0.2) is 37.4 Å². The molecule has 0 unspecified atom stereocenters. The Balaban J connectivity index is 1.82. The van der Waals surface area contributed by atoms with Crippen LogP contribution in [0.1, 0.15) is 6.92 Å². The number of fused-ring (bicyclic) bond motifs is 1. The van der Waals surface area contributed by atoms with E-state index in [9.17, 15) is 9.18 Å². The van der Waals surface area contributed by atoms with Crippen molar-refractivity contribution in [2.45, 2.75) is 13.5 Å². The van der Waals surface area contributed by atoms with Gasteiger partial charge in [-0.3, -0.25) is 4.79 Å². The number of methoxy groups -OCH3 is 1. The van der Waals surface area contributed by atoms with Crippen LogP contribution in [0.2, 0.25) is 0 Å². The number of thiazole rings is 1. The molecule has 148 valence electrons. The lowest BCUT2D eigenvalue weighted by atomic mass is 10.3. The number of ether oxygens (including phenoxy) is 3. The molecule has 0 fully saturated rings. The number of nitrogens with zero attached hydrogens (tertiary/aromatic N) is 2. The molecule has 0 saturated carbocycles. The van der Waals surface area contributed by atoms with Gasteiger partial charge in [-0.2, -0.15) is 4.99 Å². The van der Waals surface area contributed by atoms with E-state index in [-0.39, 0.29) is 12.4 Å². The van der Waals surface area contributed by atoms with Gasteiger partial charge in [-0.05, 0) is 37.3 Å². The molecule has 1 aromatic heterocycles. The maximum absolute atomic E-state index is 13.6. The highest BCUT2D eigenvalue weighted by atomic mass is 32.1. The van der Waals surface area contributed by atoms with Gasteiger partial charge >= 0.3 is 0 Å². The summed E-state index contributed by atoms with van der Waals surface area (Å²) >= 11 is 1.26. The van der Waals surface area contributed by atoms with Crippen LogP contribution in [0.3, 0.4) is 0 Å². The molecule has 0 aliphatic rings. The van der Waals surface area contributed by atoms with E-state index in [1.165, 1.54) is 23.5 Å². The van der Waals surface area contributed by atoms with Gasteiger partial charge in [-0.25, -0.2) is 4.39 Å². The molecule has 1 amide bonds. The minimum atomic E-state index is -0.431. The third-order valence-corrected chi connectivity index (χ3v) is 4.97. The summed E-state index contributed by atoms with van der Waals surface area (Å²) in [7, 11) is 1.56. The Kier molecular flexibility index (Phi) is 6.78. The maximum Gasteiger partial charge on any atom is 0.286 e. The number of benzene rings is 2. The number of rotatable bonds is 8. The van der Waals surface area contributed by atoms with Crippen LogP contribution in [0.25, 0.3) is 10.2 Å². The van der Waals surface area contributed by atoms with Crippen LogP contribution < -0.4 is 14.3 Å². The number of hydrogen-bond donors (Lipinski definition) is 0. The largest absolute Gasteiger partial charge is 0.497 e. The molecule has 0 spiro atoms. The fraction of sp³-hybridized carbons (Fsp3) is 0.300. The summed E-state index contributed by atoms with van der Waals surface area (Å²) in [5.41, 5.74) is 0.811. The third kappa shape index (κ3) is 4.96. The summed E-state index contributed by atoms with van der Waals surface area (Å²) in [5, 5.41) is 0. The van der Waals surface area contributed by atoms with Crippen LogP contribution in [0.15, 0.2) is 47.5 Å². The standard InChI is InChI=1S/C20H21FN2O4S/c1-3-26-10-9-23-17-8-7-14(21)11-18(17)28-20(23)22-19(24)13-27-16-6-4-5-15(12-16)25-2/h4-8,11-12H,3,9-10,13H2,1-2H3. The molecule has 1 heterocycles. The minimum absolute atomic E-state index is 0.207. The number of carbonyl (C=O) groups excluding carboxylic acids is 1. The average Bonchev–Trinajstić information content (AvgIpc) is 3.03. The van der Waals surface area contributed by atoms with Gasteiger partial charge in [0.1, 0.15) is 17.3 Å². The van der Waals surface area contributed by atoms with E-state index >= 15 is 0 Å². The van der Waals surface area contributed by atoms with Crippen LogP contribution >= 0.6 is 11.3 Å². The fourth-order valence-corrected chi connectivity index (χ4v) is 3.72. The smallest absolute Gasteiger partial charge is 0.286 e. The van der Waals surface area contributed by atoms with Gasteiger partial charge < -0.3 is 18.8 Å². The first kappa shape index (κ1) is 20.0. The van der Waals surface area contributed by atoms with Crippen molar-refractivity contribution in [2.24, 2.45) is 4.99 Å². The molecule has 0 aliphatic heterocycles. The van der Waals surface area contributed by atoms with Gasteiger partial charge in [0.05, 0.1) is 23.9 Å². The summed E-state index contributed by atoms with van der Waals surface area (Å²) in [4.78, 5) is 17.0. The molecular formula is C20H21FN2O4S. The second-order valence-electron chi connectivity index (χ2n) is 5.82. The quantitative estimate of drug-likeness (QED) is 0.540. The number of carbonyl (C=O) groups is 1. The number of hydrogen-bond acceptors (Lipinski definition) is 5. The fourth-order valence-electron chi connectivity index (χ4n) is 2.62. The summed E-state index contributed by atoms with van der Waals surface area (Å²) in [6, 6.07) is 11.5. The van der Waals surface area contributed by atoms with Crippen LogP contribution in [-0.2, 0) is 16.1 Å². The Morgan fingerprint density at radius 1 is 1.21 bits per heavy atom. The normalized spacial score (nSPS) is 11.8. The van der Waals surface area contributed by atoms with E-state index in [0.717, 1.165) is 10.2 Å². The van der Waals surface area contributed by atoms with Gasteiger partial charge in [0.15, 0.2) is 11.4 Å². The first-order valence-corrected chi connectivity index (χ1v) is 9.63. The molecule has 0 aliphatic carbocycles. The topological polar surface area (TPSA) is 62.1 Å². The predicted molar refractivity (Wildman–Crippen MR) is 105 cm³/mol. The molecule has 2 aromatic carbocycles. The van der Waals surface area contributed by atoms with Gasteiger partial charge in [-0.15, -0.1) is 0 Å². The van der Waals surface area contributed by atoms with E-state index in [2.05, 4.69) is 4.99 Å². The van der Waals surface area contributed by atoms with Crippen molar-refractivity contribution in [1.29, 1.82) is 0 Å². The number of halogens is 1. The Morgan fingerprint density at radius 3 is 2.82 bits per heavy atom. The number of aromatic nitrogens is 1. The maximum atomic E-state index is 13.6. The second-order valence-corrected chi connectivity index (χ2v) is 6.83. The zero-order valence-electron chi connectivity index (χ0n) is 15.7. The van der Waals surface area contributed by atoms with Gasteiger partial charge in [0.25, 0.3) is 5.91 Å². The van der Waals surface area contributed by atoms with Crippen molar-refractivity contribution in [3.05, 3.63) is 53.1 Å². The van der Waals surface area contributed by atoms with E-state index < -0.39 is 5.91 Å². The van der Waals surface area contributed by atoms with Crippen molar-refractivity contribution < 1.29 is 23.4 Å². The van der Waals surface area contributed by atoms with Crippen molar-refractivity contribution in [3.8, 4) is 11.5 Å². The zero-order chi connectivity index (χ0) is 19.9. The highest BCUT2D eigenvalue weighted by molar-refractivity contribution is 7.16. The van der Waals surface area contributed by atoms with Crippen molar-refractivity contribution in [1.82, 2.24) is 4.57 Å². The third-order valence-electron chi connectivity index (χ3n) is 3.93. The van der Waals surface area contributed by atoms with Crippen molar-refractivity contribution >= 4 is 27.5 Å². The summed E-state index contributed by atoms with van der Waals surface area (Å²) < 4.78 is 32.2. The lowest BCUT2D eigenvalue weighted by molar-refractivity contribution is -0.120. The molecule has 8 heteroatoms. The molecule has 0 radical (unpaired) electrons. The Morgan fingerprint density at radius 2 is 2.04 bits per heavy atom.